The number of halogens is 1. The molecule has 0 aliphatic rings. The van der Waals surface area contributed by atoms with Crippen LogP contribution in [0.25, 0.3) is 11.0 Å². The van der Waals surface area contributed by atoms with E-state index in [2.05, 4.69) is 36.0 Å². The molecule has 0 radical (unpaired) electrons. The third-order valence-corrected chi connectivity index (χ3v) is 6.31. The largest absolute Gasteiger partial charge is 0.356 e. The van der Waals surface area contributed by atoms with Crippen LogP contribution in [0.5, 0.6) is 0 Å². The van der Waals surface area contributed by atoms with Crippen molar-refractivity contribution in [2.45, 2.75) is 31.3 Å². The number of rotatable bonds is 8. The van der Waals surface area contributed by atoms with Gasteiger partial charge in [-0.15, -0.1) is 24.0 Å². The number of benzene rings is 2. The van der Waals surface area contributed by atoms with Crippen LogP contribution in [0.3, 0.4) is 0 Å². The van der Waals surface area contributed by atoms with Gasteiger partial charge in [0, 0.05) is 26.7 Å². The molecule has 0 atom stereocenters. The minimum absolute atomic E-state index is 0. The van der Waals surface area contributed by atoms with Crippen molar-refractivity contribution in [3.63, 3.8) is 0 Å². The number of hydrogen-bond acceptors (Lipinski definition) is 4. The maximum absolute atomic E-state index is 11.8. The lowest BCUT2D eigenvalue weighted by Gasteiger charge is -2.13. The zero-order valence-electron chi connectivity index (χ0n) is 17.9. The molecule has 0 bridgehead atoms. The number of para-hydroxylation sites is 2. The van der Waals surface area contributed by atoms with Crippen LogP contribution >= 0.6 is 24.0 Å². The molecule has 0 aliphatic heterocycles. The highest BCUT2D eigenvalue weighted by atomic mass is 127. The van der Waals surface area contributed by atoms with Crippen molar-refractivity contribution in [3.8, 4) is 0 Å². The molecule has 1 heterocycles. The first-order valence-corrected chi connectivity index (χ1v) is 11.3. The molecule has 10 heteroatoms. The second-order valence-electron chi connectivity index (χ2n) is 6.86. The van der Waals surface area contributed by atoms with Gasteiger partial charge in [0.15, 0.2) is 5.96 Å². The van der Waals surface area contributed by atoms with Crippen molar-refractivity contribution in [1.29, 1.82) is 0 Å². The Labute approximate surface area is 200 Å². The van der Waals surface area contributed by atoms with Crippen LogP contribution in [-0.4, -0.2) is 44.6 Å². The monoisotopic (exact) mass is 556 g/mol. The number of guanidine groups is 1. The Bertz CT molecular complexity index is 1130. The van der Waals surface area contributed by atoms with Crippen molar-refractivity contribution >= 4 is 51.0 Å². The molecule has 3 rings (SSSR count). The lowest BCUT2D eigenvalue weighted by atomic mass is 10.2. The summed E-state index contributed by atoms with van der Waals surface area (Å²) in [7, 11) is -0.287. The van der Waals surface area contributed by atoms with Gasteiger partial charge in [-0.3, -0.25) is 4.99 Å². The van der Waals surface area contributed by atoms with Crippen LogP contribution in [0.15, 0.2) is 58.4 Å². The van der Waals surface area contributed by atoms with Gasteiger partial charge in [-0.05, 0) is 50.2 Å². The van der Waals surface area contributed by atoms with Crippen molar-refractivity contribution in [2.24, 2.45) is 4.99 Å². The van der Waals surface area contributed by atoms with E-state index >= 15 is 0 Å². The van der Waals surface area contributed by atoms with Crippen LogP contribution in [0.4, 0.5) is 0 Å². The van der Waals surface area contributed by atoms with E-state index in [1.165, 1.54) is 7.05 Å². The second-order valence-corrected chi connectivity index (χ2v) is 8.74. The number of aliphatic imine (C=N–C) groups is 1. The summed E-state index contributed by atoms with van der Waals surface area (Å²) >= 11 is 0. The Morgan fingerprint density at radius 3 is 2.48 bits per heavy atom. The van der Waals surface area contributed by atoms with Gasteiger partial charge in [-0.2, -0.15) is 0 Å². The average molecular weight is 556 g/mol. The molecule has 168 valence electrons. The number of aromatic nitrogens is 2. The molecule has 0 unspecified atom stereocenters. The number of fused-ring (bicyclic) bond motifs is 1. The molecule has 3 aromatic rings. The fourth-order valence-electron chi connectivity index (χ4n) is 3.23. The fraction of sp³-hybridized carbons (Fsp3) is 0.333. The fourth-order valence-corrected chi connectivity index (χ4v) is 3.96. The molecular weight excluding hydrogens is 527 g/mol. The van der Waals surface area contributed by atoms with E-state index in [1.807, 2.05) is 25.1 Å². The van der Waals surface area contributed by atoms with Gasteiger partial charge in [0.1, 0.15) is 5.82 Å². The number of hydrogen-bond donors (Lipinski definition) is 3. The number of nitrogens with one attached hydrogen (secondary N) is 3. The molecule has 3 N–H and O–H groups in total. The van der Waals surface area contributed by atoms with Gasteiger partial charge in [0.25, 0.3) is 0 Å². The van der Waals surface area contributed by atoms with Crippen LogP contribution < -0.4 is 15.4 Å². The highest BCUT2D eigenvalue weighted by molar-refractivity contribution is 14.0. The summed E-state index contributed by atoms with van der Waals surface area (Å²) in [5, 5.41) is 6.56. The van der Waals surface area contributed by atoms with Crippen LogP contribution in [0.2, 0.25) is 0 Å². The molecule has 1 aromatic heterocycles. The van der Waals surface area contributed by atoms with Crippen molar-refractivity contribution in [3.05, 3.63) is 59.9 Å². The first-order valence-electron chi connectivity index (χ1n) is 9.83. The molecule has 0 spiro atoms. The topological polar surface area (TPSA) is 100 Å². The van der Waals surface area contributed by atoms with Gasteiger partial charge in [0.2, 0.25) is 10.0 Å². The predicted octanol–water partition coefficient (Wildman–Crippen LogP) is 2.63. The number of sulfonamides is 1. The molecular formula is C21H29IN6O2S. The quantitative estimate of drug-likeness (QED) is 0.172. The van der Waals surface area contributed by atoms with Crippen LogP contribution in [-0.2, 0) is 23.1 Å². The first-order chi connectivity index (χ1) is 14.4. The molecule has 0 saturated carbocycles. The van der Waals surface area contributed by atoms with E-state index in [4.69, 9.17) is 0 Å². The number of aryl methyl sites for hydroxylation is 2. The van der Waals surface area contributed by atoms with E-state index in [1.54, 1.807) is 31.3 Å². The van der Waals surface area contributed by atoms with Gasteiger partial charge < -0.3 is 15.2 Å². The van der Waals surface area contributed by atoms with E-state index in [0.29, 0.717) is 12.5 Å². The van der Waals surface area contributed by atoms with Crippen molar-refractivity contribution in [1.82, 2.24) is 24.9 Å². The molecule has 0 aliphatic carbocycles. The summed E-state index contributed by atoms with van der Waals surface area (Å²) in [5.74, 6) is 1.72. The van der Waals surface area contributed by atoms with Crippen molar-refractivity contribution in [2.75, 3.05) is 20.6 Å². The van der Waals surface area contributed by atoms with Gasteiger partial charge in [0.05, 0.1) is 15.9 Å². The smallest absolute Gasteiger partial charge is 0.240 e. The minimum Gasteiger partial charge on any atom is -0.356 e. The highest BCUT2D eigenvalue weighted by Crippen LogP contribution is 2.15. The summed E-state index contributed by atoms with van der Waals surface area (Å²) < 4.78 is 28.1. The summed E-state index contributed by atoms with van der Waals surface area (Å²) in [5.41, 5.74) is 3.14. The second kappa shape index (κ2) is 11.4. The zero-order chi connectivity index (χ0) is 21.6. The summed E-state index contributed by atoms with van der Waals surface area (Å²) in [4.78, 5) is 9.09. The molecule has 2 aromatic carbocycles. The number of imidazole rings is 1. The normalized spacial score (nSPS) is 11.9. The summed E-state index contributed by atoms with van der Waals surface area (Å²) in [6.45, 7) is 4.22. The molecule has 31 heavy (non-hydrogen) atoms. The average Bonchev–Trinajstić information content (AvgIpc) is 3.08. The van der Waals surface area contributed by atoms with Gasteiger partial charge >= 0.3 is 0 Å². The summed E-state index contributed by atoms with van der Waals surface area (Å²) in [6.07, 6.45) is 0.929. The Morgan fingerprint density at radius 2 is 1.81 bits per heavy atom. The molecule has 0 saturated heterocycles. The van der Waals surface area contributed by atoms with E-state index in [-0.39, 0.29) is 28.9 Å². The highest BCUT2D eigenvalue weighted by Gasteiger charge is 2.10. The molecule has 8 nitrogen and oxygen atoms in total. The molecule has 0 fully saturated rings. The zero-order valence-corrected chi connectivity index (χ0v) is 21.1. The first kappa shape index (κ1) is 25.1. The van der Waals surface area contributed by atoms with Crippen molar-refractivity contribution < 1.29 is 8.42 Å². The standard InChI is InChI=1S/C21H28N6O2S.HI/c1-16-26-19-7-4-5-8-20(19)27(16)14-6-13-24-21(22-2)25-15-17-9-11-18(12-10-17)30(28,29)23-3;/h4-5,7-12,23H,6,13-15H2,1-3H3,(H2,22,24,25);1H. The number of nitrogens with zero attached hydrogens (tertiary/aromatic N) is 3. The third kappa shape index (κ3) is 6.40. The Morgan fingerprint density at radius 1 is 1.10 bits per heavy atom. The lowest BCUT2D eigenvalue weighted by Crippen LogP contribution is -2.37. The van der Waals surface area contributed by atoms with Gasteiger partial charge in [-0.1, -0.05) is 24.3 Å². The Kier molecular flexibility index (Phi) is 9.26. The third-order valence-electron chi connectivity index (χ3n) is 4.88. The summed E-state index contributed by atoms with van der Waals surface area (Å²) in [6, 6.07) is 14.9. The van der Waals surface area contributed by atoms with E-state index in [9.17, 15) is 8.42 Å². The SMILES string of the molecule is CN=C(NCCCn1c(C)nc2ccccc21)NCc1ccc(S(=O)(=O)NC)cc1.I. The van der Waals surface area contributed by atoms with Gasteiger partial charge in [-0.25, -0.2) is 18.1 Å². The molecule has 0 amide bonds. The maximum atomic E-state index is 11.8. The van der Waals surface area contributed by atoms with Crippen LogP contribution in [0, 0.1) is 6.92 Å². The van der Waals surface area contributed by atoms with Crippen LogP contribution in [0.1, 0.15) is 17.8 Å². The minimum atomic E-state index is -3.41. The maximum Gasteiger partial charge on any atom is 0.240 e. The Balaban J connectivity index is 0.00000341. The van der Waals surface area contributed by atoms with E-state index < -0.39 is 10.0 Å². The Hall–Kier alpha value is -2.18. The predicted molar refractivity (Wildman–Crippen MR) is 135 cm³/mol. The lowest BCUT2D eigenvalue weighted by molar-refractivity contribution is 0.588. The van der Waals surface area contributed by atoms with E-state index in [0.717, 1.165) is 41.9 Å².